The molecule has 1 atom stereocenters. The van der Waals surface area contributed by atoms with Gasteiger partial charge < -0.3 is 4.74 Å². The third kappa shape index (κ3) is 2.84. The Morgan fingerprint density at radius 3 is 2.77 bits per heavy atom. The second-order valence-electron chi connectivity index (χ2n) is 5.26. The summed E-state index contributed by atoms with van der Waals surface area (Å²) in [6.45, 7) is 1.99. The predicted octanol–water partition coefficient (Wildman–Crippen LogP) is 2.94. The summed E-state index contributed by atoms with van der Waals surface area (Å²) in [7, 11) is -3.71. The molecule has 0 fully saturated rings. The summed E-state index contributed by atoms with van der Waals surface area (Å²) in [6, 6.07) is 10.8. The standard InChI is InChI=1S/C16H16FNO3S/c1-11-10-12(6-7-14(11)17)22(19,20)18-15-8-9-21-16-5-3-2-4-13(15)16/h2-7,10,15,18H,8-9H2,1H3. The van der Waals surface area contributed by atoms with E-state index in [4.69, 9.17) is 4.74 Å². The van der Waals surface area contributed by atoms with Crippen LogP contribution in [0.5, 0.6) is 5.75 Å². The van der Waals surface area contributed by atoms with Crippen LogP contribution in [0, 0.1) is 12.7 Å². The van der Waals surface area contributed by atoms with Crippen molar-refractivity contribution in [3.8, 4) is 5.75 Å². The monoisotopic (exact) mass is 321 g/mol. The lowest BCUT2D eigenvalue weighted by Gasteiger charge is -2.26. The van der Waals surface area contributed by atoms with Crippen LogP contribution in [0.3, 0.4) is 0 Å². The lowest BCUT2D eigenvalue weighted by atomic mass is 10.0. The number of para-hydroxylation sites is 1. The first kappa shape index (κ1) is 15.0. The lowest BCUT2D eigenvalue weighted by Crippen LogP contribution is -2.32. The maximum Gasteiger partial charge on any atom is 0.241 e. The van der Waals surface area contributed by atoms with E-state index in [1.54, 1.807) is 0 Å². The maximum atomic E-state index is 13.3. The fourth-order valence-corrected chi connectivity index (χ4v) is 3.84. The molecule has 0 saturated carbocycles. The molecule has 0 radical (unpaired) electrons. The number of halogens is 1. The number of sulfonamides is 1. The normalized spacial score (nSPS) is 17.6. The quantitative estimate of drug-likeness (QED) is 0.945. The van der Waals surface area contributed by atoms with Gasteiger partial charge >= 0.3 is 0 Å². The van der Waals surface area contributed by atoms with Crippen LogP contribution in [0.1, 0.15) is 23.6 Å². The van der Waals surface area contributed by atoms with Gasteiger partial charge in [0.2, 0.25) is 10.0 Å². The third-order valence-corrected chi connectivity index (χ3v) is 5.16. The van der Waals surface area contributed by atoms with Gasteiger partial charge in [-0.15, -0.1) is 0 Å². The second-order valence-corrected chi connectivity index (χ2v) is 6.97. The van der Waals surface area contributed by atoms with Gasteiger partial charge in [-0.05, 0) is 36.8 Å². The molecular formula is C16H16FNO3S. The smallest absolute Gasteiger partial charge is 0.241 e. The number of nitrogens with one attached hydrogen (secondary N) is 1. The zero-order valence-corrected chi connectivity index (χ0v) is 12.9. The molecule has 1 aliphatic heterocycles. The minimum absolute atomic E-state index is 0.0652. The number of benzene rings is 2. The molecule has 3 rings (SSSR count). The highest BCUT2D eigenvalue weighted by Gasteiger charge is 2.26. The van der Waals surface area contributed by atoms with Gasteiger partial charge in [0.15, 0.2) is 0 Å². The van der Waals surface area contributed by atoms with E-state index in [-0.39, 0.29) is 10.9 Å². The molecule has 22 heavy (non-hydrogen) atoms. The van der Waals surface area contributed by atoms with Crippen molar-refractivity contribution in [2.24, 2.45) is 0 Å². The van der Waals surface area contributed by atoms with Crippen molar-refractivity contribution in [1.29, 1.82) is 0 Å². The minimum Gasteiger partial charge on any atom is -0.493 e. The lowest BCUT2D eigenvalue weighted by molar-refractivity contribution is 0.263. The summed E-state index contributed by atoms with van der Waals surface area (Å²) in [5.74, 6) is 0.270. The molecule has 1 aliphatic rings. The molecule has 0 saturated heterocycles. The Hall–Kier alpha value is -1.92. The first-order valence-electron chi connectivity index (χ1n) is 6.97. The largest absolute Gasteiger partial charge is 0.493 e. The van der Waals surface area contributed by atoms with Crippen molar-refractivity contribution in [1.82, 2.24) is 4.72 Å². The molecule has 0 aliphatic carbocycles. The van der Waals surface area contributed by atoms with E-state index in [0.717, 1.165) is 5.56 Å². The maximum absolute atomic E-state index is 13.3. The second kappa shape index (κ2) is 5.70. The van der Waals surface area contributed by atoms with Crippen LogP contribution in [0.4, 0.5) is 4.39 Å². The third-order valence-electron chi connectivity index (χ3n) is 3.70. The summed E-state index contributed by atoms with van der Waals surface area (Å²) >= 11 is 0. The Labute approximate surface area is 129 Å². The Morgan fingerprint density at radius 2 is 2.00 bits per heavy atom. The van der Waals surface area contributed by atoms with Crippen LogP contribution < -0.4 is 9.46 Å². The van der Waals surface area contributed by atoms with Gasteiger partial charge in [-0.3, -0.25) is 0 Å². The summed E-state index contributed by atoms with van der Waals surface area (Å²) in [5.41, 5.74) is 1.12. The van der Waals surface area contributed by atoms with Crippen LogP contribution in [0.15, 0.2) is 47.4 Å². The SMILES string of the molecule is Cc1cc(S(=O)(=O)NC2CCOc3ccccc32)ccc1F. The Balaban J connectivity index is 1.91. The average molecular weight is 321 g/mol. The number of fused-ring (bicyclic) bond motifs is 1. The molecule has 0 amide bonds. The van der Waals surface area contributed by atoms with Gasteiger partial charge in [-0.25, -0.2) is 17.5 Å². The molecular weight excluding hydrogens is 305 g/mol. The first-order valence-corrected chi connectivity index (χ1v) is 8.46. The predicted molar refractivity (Wildman–Crippen MR) is 80.8 cm³/mol. The van der Waals surface area contributed by atoms with Crippen molar-refractivity contribution in [2.45, 2.75) is 24.3 Å². The van der Waals surface area contributed by atoms with E-state index in [2.05, 4.69) is 4.72 Å². The Bertz CT molecular complexity index is 805. The molecule has 4 nitrogen and oxygen atoms in total. The van der Waals surface area contributed by atoms with Gasteiger partial charge in [-0.2, -0.15) is 0 Å². The molecule has 1 N–H and O–H groups in total. The van der Waals surface area contributed by atoms with Crippen LogP contribution in [-0.2, 0) is 10.0 Å². The fourth-order valence-electron chi connectivity index (χ4n) is 2.50. The van der Waals surface area contributed by atoms with Crippen LogP contribution in [-0.4, -0.2) is 15.0 Å². The zero-order valence-electron chi connectivity index (χ0n) is 12.0. The number of aryl methyl sites for hydroxylation is 1. The summed E-state index contributed by atoms with van der Waals surface area (Å²) in [5, 5.41) is 0. The van der Waals surface area contributed by atoms with Gasteiger partial charge in [0.25, 0.3) is 0 Å². The molecule has 0 spiro atoms. The number of hydrogen-bond donors (Lipinski definition) is 1. The molecule has 1 heterocycles. The van der Waals surface area contributed by atoms with E-state index >= 15 is 0 Å². The molecule has 116 valence electrons. The van der Waals surface area contributed by atoms with Crippen molar-refractivity contribution < 1.29 is 17.5 Å². The average Bonchev–Trinajstić information content (AvgIpc) is 2.50. The summed E-state index contributed by atoms with van der Waals surface area (Å²) in [6.07, 6.45) is 0.552. The summed E-state index contributed by atoms with van der Waals surface area (Å²) < 4.78 is 46.5. The fraction of sp³-hybridized carbons (Fsp3) is 0.250. The van der Waals surface area contributed by atoms with Gasteiger partial charge in [0, 0.05) is 12.0 Å². The topological polar surface area (TPSA) is 55.4 Å². The molecule has 2 aromatic carbocycles. The van der Waals surface area contributed by atoms with Crippen LogP contribution in [0.25, 0.3) is 0 Å². The minimum atomic E-state index is -3.71. The highest BCUT2D eigenvalue weighted by molar-refractivity contribution is 7.89. The zero-order chi connectivity index (χ0) is 15.7. The van der Waals surface area contributed by atoms with Gasteiger partial charge in [-0.1, -0.05) is 18.2 Å². The van der Waals surface area contributed by atoms with Crippen LogP contribution in [0.2, 0.25) is 0 Å². The highest BCUT2D eigenvalue weighted by atomic mass is 32.2. The molecule has 6 heteroatoms. The van der Waals surface area contributed by atoms with E-state index < -0.39 is 15.8 Å². The Kier molecular flexibility index (Phi) is 3.88. The van der Waals surface area contributed by atoms with E-state index in [1.165, 1.54) is 25.1 Å². The summed E-state index contributed by atoms with van der Waals surface area (Å²) in [4.78, 5) is 0.0652. The van der Waals surface area contributed by atoms with E-state index in [1.807, 2.05) is 24.3 Å². The van der Waals surface area contributed by atoms with Crippen molar-refractivity contribution in [3.63, 3.8) is 0 Å². The van der Waals surface area contributed by atoms with E-state index in [9.17, 15) is 12.8 Å². The van der Waals surface area contributed by atoms with Crippen molar-refractivity contribution >= 4 is 10.0 Å². The van der Waals surface area contributed by atoms with Crippen molar-refractivity contribution in [3.05, 3.63) is 59.4 Å². The van der Waals surface area contributed by atoms with Gasteiger partial charge in [0.05, 0.1) is 17.5 Å². The molecule has 2 aromatic rings. The highest BCUT2D eigenvalue weighted by Crippen LogP contribution is 2.32. The first-order chi connectivity index (χ1) is 10.5. The molecule has 1 unspecified atom stereocenters. The molecule has 0 aromatic heterocycles. The van der Waals surface area contributed by atoms with Crippen LogP contribution >= 0.6 is 0 Å². The Morgan fingerprint density at radius 1 is 1.23 bits per heavy atom. The number of ether oxygens (including phenoxy) is 1. The number of hydrogen-bond acceptors (Lipinski definition) is 3. The number of rotatable bonds is 3. The van der Waals surface area contributed by atoms with Gasteiger partial charge in [0.1, 0.15) is 11.6 Å². The van der Waals surface area contributed by atoms with E-state index in [0.29, 0.717) is 24.3 Å². The molecule has 0 bridgehead atoms. The van der Waals surface area contributed by atoms with Crippen molar-refractivity contribution in [2.75, 3.05) is 6.61 Å².